The first kappa shape index (κ1) is 19.2. The number of aryl methyl sites for hydroxylation is 1. The molecular formula is C19H17Cl2N5OS. The van der Waals surface area contributed by atoms with Crippen LogP contribution in [0.1, 0.15) is 40.8 Å². The van der Waals surface area contributed by atoms with Crippen molar-refractivity contribution in [3.8, 4) is 11.1 Å². The summed E-state index contributed by atoms with van der Waals surface area (Å²) < 4.78 is 4.46. The Hall–Kier alpha value is -2.09. The molecule has 4 heterocycles. The standard InChI is InChI=1S/C19H17Cl2N5OS/c1-11-23-9-14(12-4-6-22-7-5-12)16(24-11)13-3-2-8-26(10-13)19(27)17-15(20)18(21)28-25-17/h4-7,9,13H,2-3,8,10H2,1H3/t13-/m1/s1. The molecule has 1 aliphatic heterocycles. The van der Waals surface area contributed by atoms with Gasteiger partial charge in [-0.1, -0.05) is 23.2 Å². The molecule has 0 spiro atoms. The summed E-state index contributed by atoms with van der Waals surface area (Å²) in [4.78, 5) is 27.9. The predicted molar refractivity (Wildman–Crippen MR) is 110 cm³/mol. The zero-order chi connectivity index (χ0) is 19.7. The Morgan fingerprint density at radius 2 is 2.07 bits per heavy atom. The largest absolute Gasteiger partial charge is 0.337 e. The Kier molecular flexibility index (Phi) is 5.57. The number of rotatable bonds is 3. The molecular weight excluding hydrogens is 417 g/mol. The summed E-state index contributed by atoms with van der Waals surface area (Å²) in [5.41, 5.74) is 3.17. The van der Waals surface area contributed by atoms with E-state index >= 15 is 0 Å². The molecule has 4 rings (SSSR count). The minimum absolute atomic E-state index is 0.107. The molecule has 0 saturated carbocycles. The smallest absolute Gasteiger partial charge is 0.275 e. The summed E-state index contributed by atoms with van der Waals surface area (Å²) in [7, 11) is 0. The molecule has 3 aromatic heterocycles. The van der Waals surface area contributed by atoms with E-state index in [2.05, 4.69) is 14.3 Å². The fraction of sp³-hybridized carbons (Fsp3) is 0.316. The number of aromatic nitrogens is 4. The molecule has 1 amide bonds. The Labute approximate surface area is 176 Å². The molecule has 9 heteroatoms. The van der Waals surface area contributed by atoms with E-state index in [0.29, 0.717) is 23.3 Å². The van der Waals surface area contributed by atoms with Gasteiger partial charge in [-0.25, -0.2) is 9.97 Å². The van der Waals surface area contributed by atoms with Crippen LogP contribution in [0.2, 0.25) is 9.36 Å². The summed E-state index contributed by atoms with van der Waals surface area (Å²) in [5.74, 6) is 0.634. The summed E-state index contributed by atoms with van der Waals surface area (Å²) in [5, 5.41) is 0.231. The number of nitrogens with zero attached hydrogens (tertiary/aromatic N) is 5. The van der Waals surface area contributed by atoms with Crippen LogP contribution in [0.5, 0.6) is 0 Å². The zero-order valence-electron chi connectivity index (χ0n) is 15.1. The molecule has 3 aromatic rings. The van der Waals surface area contributed by atoms with Crippen LogP contribution >= 0.6 is 34.7 Å². The van der Waals surface area contributed by atoms with E-state index in [9.17, 15) is 4.79 Å². The number of carbonyl (C=O) groups is 1. The lowest BCUT2D eigenvalue weighted by atomic mass is 9.90. The number of hydrogen-bond acceptors (Lipinski definition) is 6. The normalized spacial score (nSPS) is 17.0. The fourth-order valence-electron chi connectivity index (χ4n) is 3.48. The van der Waals surface area contributed by atoms with Gasteiger partial charge in [0.2, 0.25) is 0 Å². The van der Waals surface area contributed by atoms with Gasteiger partial charge in [0.15, 0.2) is 5.69 Å². The topological polar surface area (TPSA) is 71.9 Å². The third-order valence-electron chi connectivity index (χ3n) is 4.83. The van der Waals surface area contributed by atoms with Crippen LogP contribution in [-0.2, 0) is 0 Å². The minimum Gasteiger partial charge on any atom is -0.337 e. The van der Waals surface area contributed by atoms with Crippen LogP contribution in [-0.4, -0.2) is 43.2 Å². The molecule has 1 atom stereocenters. The van der Waals surface area contributed by atoms with Crippen LogP contribution in [0, 0.1) is 6.92 Å². The van der Waals surface area contributed by atoms with Crippen molar-refractivity contribution in [3.63, 3.8) is 0 Å². The van der Waals surface area contributed by atoms with Crippen LogP contribution in [0.4, 0.5) is 0 Å². The second kappa shape index (κ2) is 8.11. The Morgan fingerprint density at radius 3 is 2.79 bits per heavy atom. The molecule has 144 valence electrons. The number of hydrogen-bond donors (Lipinski definition) is 0. The molecule has 0 N–H and O–H groups in total. The molecule has 1 fully saturated rings. The van der Waals surface area contributed by atoms with Gasteiger partial charge in [0.05, 0.1) is 5.69 Å². The second-order valence-corrected chi connectivity index (χ2v) is 8.41. The van der Waals surface area contributed by atoms with Gasteiger partial charge in [0.1, 0.15) is 15.2 Å². The maximum absolute atomic E-state index is 12.9. The number of amides is 1. The maximum Gasteiger partial charge on any atom is 0.275 e. The Bertz CT molecular complexity index is 1010. The van der Waals surface area contributed by atoms with Crippen molar-refractivity contribution >= 4 is 40.6 Å². The van der Waals surface area contributed by atoms with Gasteiger partial charge in [-0.15, -0.1) is 0 Å². The van der Waals surface area contributed by atoms with Crippen molar-refractivity contribution in [1.29, 1.82) is 0 Å². The first-order chi connectivity index (χ1) is 13.5. The van der Waals surface area contributed by atoms with E-state index in [-0.39, 0.29) is 22.5 Å². The van der Waals surface area contributed by atoms with Crippen molar-refractivity contribution in [1.82, 2.24) is 24.2 Å². The van der Waals surface area contributed by atoms with Crippen molar-refractivity contribution in [2.45, 2.75) is 25.7 Å². The van der Waals surface area contributed by atoms with Gasteiger partial charge in [0.25, 0.3) is 5.91 Å². The summed E-state index contributed by atoms with van der Waals surface area (Å²) in [6, 6.07) is 3.89. The van der Waals surface area contributed by atoms with Crippen LogP contribution < -0.4 is 0 Å². The molecule has 1 aliphatic rings. The van der Waals surface area contributed by atoms with Gasteiger partial charge in [-0.05, 0) is 49.0 Å². The van der Waals surface area contributed by atoms with Gasteiger partial charge < -0.3 is 4.90 Å². The van der Waals surface area contributed by atoms with Crippen LogP contribution in [0.3, 0.4) is 0 Å². The second-order valence-electron chi connectivity index (χ2n) is 6.66. The SMILES string of the molecule is Cc1ncc(-c2ccncc2)c([C@@H]2CCCN(C(=O)c3nsc(Cl)c3Cl)C2)n1. The number of halogens is 2. The number of carbonyl (C=O) groups excluding carboxylic acids is 1. The van der Waals surface area contributed by atoms with Gasteiger partial charge >= 0.3 is 0 Å². The van der Waals surface area contributed by atoms with Gasteiger partial charge in [-0.2, -0.15) is 4.37 Å². The molecule has 0 radical (unpaired) electrons. The lowest BCUT2D eigenvalue weighted by molar-refractivity contribution is 0.0701. The molecule has 6 nitrogen and oxygen atoms in total. The summed E-state index contributed by atoms with van der Waals surface area (Å²) in [6.45, 7) is 3.09. The molecule has 0 bridgehead atoms. The highest BCUT2D eigenvalue weighted by Gasteiger charge is 2.30. The molecule has 0 aromatic carbocycles. The lowest BCUT2D eigenvalue weighted by Crippen LogP contribution is -2.39. The van der Waals surface area contributed by atoms with Crippen molar-refractivity contribution in [2.75, 3.05) is 13.1 Å². The van der Waals surface area contributed by atoms with E-state index in [0.717, 1.165) is 41.2 Å². The summed E-state index contributed by atoms with van der Waals surface area (Å²) >= 11 is 13.2. The highest BCUT2D eigenvalue weighted by molar-refractivity contribution is 7.11. The van der Waals surface area contributed by atoms with Crippen LogP contribution in [0.15, 0.2) is 30.7 Å². The highest BCUT2D eigenvalue weighted by Crippen LogP contribution is 2.35. The third kappa shape index (κ3) is 3.74. The quantitative estimate of drug-likeness (QED) is 0.601. The van der Waals surface area contributed by atoms with Crippen molar-refractivity contribution in [3.05, 3.63) is 57.3 Å². The molecule has 1 saturated heterocycles. The van der Waals surface area contributed by atoms with E-state index in [1.807, 2.05) is 25.3 Å². The van der Waals surface area contributed by atoms with E-state index < -0.39 is 0 Å². The number of piperidine rings is 1. The Morgan fingerprint density at radius 1 is 1.29 bits per heavy atom. The lowest BCUT2D eigenvalue weighted by Gasteiger charge is -2.33. The average Bonchev–Trinajstić information content (AvgIpc) is 3.06. The fourth-order valence-corrected chi connectivity index (χ4v) is 4.47. The van der Waals surface area contributed by atoms with Crippen molar-refractivity contribution in [2.24, 2.45) is 0 Å². The molecule has 0 unspecified atom stereocenters. The van der Waals surface area contributed by atoms with Gasteiger partial charge in [-0.3, -0.25) is 9.78 Å². The predicted octanol–water partition coefficient (Wildman–Crippen LogP) is 4.63. The molecule has 0 aliphatic carbocycles. The zero-order valence-corrected chi connectivity index (χ0v) is 17.4. The van der Waals surface area contributed by atoms with E-state index in [4.69, 9.17) is 28.2 Å². The van der Waals surface area contributed by atoms with Crippen molar-refractivity contribution < 1.29 is 4.79 Å². The molecule has 28 heavy (non-hydrogen) atoms. The highest BCUT2D eigenvalue weighted by atomic mass is 35.5. The minimum atomic E-state index is -0.186. The van der Waals surface area contributed by atoms with Gasteiger partial charge in [0, 0.05) is 43.2 Å². The average molecular weight is 434 g/mol. The van der Waals surface area contributed by atoms with E-state index in [1.54, 1.807) is 17.3 Å². The number of pyridine rings is 1. The summed E-state index contributed by atoms with van der Waals surface area (Å²) in [6.07, 6.45) is 7.19. The third-order valence-corrected chi connectivity index (χ3v) is 6.44. The first-order valence-electron chi connectivity index (χ1n) is 8.88. The maximum atomic E-state index is 12.9. The number of likely N-dealkylation sites (tertiary alicyclic amines) is 1. The van der Waals surface area contributed by atoms with E-state index in [1.165, 1.54) is 0 Å². The van der Waals surface area contributed by atoms with Crippen LogP contribution in [0.25, 0.3) is 11.1 Å². The monoisotopic (exact) mass is 433 g/mol. The first-order valence-corrected chi connectivity index (χ1v) is 10.4. The Balaban J connectivity index is 1.64.